The summed E-state index contributed by atoms with van der Waals surface area (Å²) in [6.45, 7) is 0. The standard InChI is InChI=1S/C12H8BrClO3S2/c13-9-3-4-18-11(9)6-19(17)7-1-2-10(14)8(5-7)12(15)16/h1-5H,6H2,(H,15,16). The molecule has 0 aliphatic heterocycles. The molecule has 1 heterocycles. The average Bonchev–Trinajstić information content (AvgIpc) is 2.75. The molecule has 0 aliphatic carbocycles. The number of rotatable bonds is 4. The lowest BCUT2D eigenvalue weighted by molar-refractivity contribution is 0.0697. The van der Waals surface area contributed by atoms with Crippen molar-refractivity contribution in [2.45, 2.75) is 10.6 Å². The molecule has 0 bridgehead atoms. The summed E-state index contributed by atoms with van der Waals surface area (Å²) in [6.07, 6.45) is 0. The van der Waals surface area contributed by atoms with Gasteiger partial charge in [0, 0.05) is 14.2 Å². The van der Waals surface area contributed by atoms with E-state index in [0.717, 1.165) is 9.35 Å². The molecule has 0 aliphatic rings. The lowest BCUT2D eigenvalue weighted by atomic mass is 10.2. The highest BCUT2D eigenvalue weighted by molar-refractivity contribution is 9.10. The van der Waals surface area contributed by atoms with Gasteiger partial charge in [0.05, 0.1) is 27.1 Å². The maximum atomic E-state index is 12.2. The first-order chi connectivity index (χ1) is 8.99. The van der Waals surface area contributed by atoms with Crippen LogP contribution >= 0.6 is 38.9 Å². The number of carboxylic acids is 1. The maximum Gasteiger partial charge on any atom is 0.337 e. The number of thiophene rings is 1. The Labute approximate surface area is 129 Å². The van der Waals surface area contributed by atoms with Crippen molar-refractivity contribution in [2.24, 2.45) is 0 Å². The van der Waals surface area contributed by atoms with E-state index in [1.807, 2.05) is 11.4 Å². The van der Waals surface area contributed by atoms with E-state index < -0.39 is 16.8 Å². The van der Waals surface area contributed by atoms with Crippen LogP contribution in [0.1, 0.15) is 15.2 Å². The van der Waals surface area contributed by atoms with Crippen molar-refractivity contribution in [1.82, 2.24) is 0 Å². The summed E-state index contributed by atoms with van der Waals surface area (Å²) in [5, 5.41) is 11.0. The van der Waals surface area contributed by atoms with Gasteiger partial charge in [-0.3, -0.25) is 4.21 Å². The lowest BCUT2D eigenvalue weighted by Crippen LogP contribution is -2.01. The van der Waals surface area contributed by atoms with Crippen LogP contribution in [0.2, 0.25) is 5.02 Å². The van der Waals surface area contributed by atoms with Crippen LogP contribution in [0.3, 0.4) is 0 Å². The van der Waals surface area contributed by atoms with Gasteiger partial charge < -0.3 is 5.11 Å². The summed E-state index contributed by atoms with van der Waals surface area (Å²) < 4.78 is 13.1. The molecule has 3 nitrogen and oxygen atoms in total. The maximum absolute atomic E-state index is 12.2. The Bertz CT molecular complexity index is 654. The fourth-order valence-electron chi connectivity index (χ4n) is 1.44. The van der Waals surface area contributed by atoms with E-state index >= 15 is 0 Å². The van der Waals surface area contributed by atoms with Crippen LogP contribution in [0.4, 0.5) is 0 Å². The lowest BCUT2D eigenvalue weighted by Gasteiger charge is -2.04. The van der Waals surface area contributed by atoms with E-state index in [2.05, 4.69) is 15.9 Å². The Kier molecular flexibility index (Phi) is 4.78. The molecule has 1 N–H and O–H groups in total. The third kappa shape index (κ3) is 3.45. The predicted molar refractivity (Wildman–Crippen MR) is 80.5 cm³/mol. The van der Waals surface area contributed by atoms with Gasteiger partial charge in [-0.05, 0) is 45.6 Å². The predicted octanol–water partition coefficient (Wildman–Crippen LogP) is 4.17. The normalized spacial score (nSPS) is 12.3. The van der Waals surface area contributed by atoms with Crippen molar-refractivity contribution >= 4 is 55.6 Å². The van der Waals surface area contributed by atoms with Crippen LogP contribution in [0.25, 0.3) is 0 Å². The smallest absolute Gasteiger partial charge is 0.337 e. The second kappa shape index (κ2) is 6.17. The highest BCUT2D eigenvalue weighted by atomic mass is 79.9. The van der Waals surface area contributed by atoms with E-state index in [1.54, 1.807) is 6.07 Å². The van der Waals surface area contributed by atoms with Gasteiger partial charge in [-0.1, -0.05) is 11.6 Å². The molecule has 1 atom stereocenters. The molecule has 0 saturated carbocycles. The van der Waals surface area contributed by atoms with Gasteiger partial charge in [0.1, 0.15) is 0 Å². The van der Waals surface area contributed by atoms with Crippen molar-refractivity contribution < 1.29 is 14.1 Å². The highest BCUT2D eigenvalue weighted by Crippen LogP contribution is 2.27. The van der Waals surface area contributed by atoms with Gasteiger partial charge in [-0.15, -0.1) is 11.3 Å². The Morgan fingerprint density at radius 2 is 2.16 bits per heavy atom. The molecule has 100 valence electrons. The largest absolute Gasteiger partial charge is 0.478 e. The minimum absolute atomic E-state index is 0.0299. The van der Waals surface area contributed by atoms with Crippen LogP contribution in [0.5, 0.6) is 0 Å². The molecular weight excluding hydrogens is 372 g/mol. The topological polar surface area (TPSA) is 54.4 Å². The van der Waals surface area contributed by atoms with Gasteiger partial charge >= 0.3 is 5.97 Å². The van der Waals surface area contributed by atoms with Crippen molar-refractivity contribution in [3.63, 3.8) is 0 Å². The van der Waals surface area contributed by atoms with E-state index in [1.165, 1.54) is 23.5 Å². The second-order valence-electron chi connectivity index (χ2n) is 3.63. The number of benzene rings is 1. The van der Waals surface area contributed by atoms with E-state index in [0.29, 0.717) is 10.6 Å². The summed E-state index contributed by atoms with van der Waals surface area (Å²) in [4.78, 5) is 12.4. The molecule has 2 rings (SSSR count). The van der Waals surface area contributed by atoms with Gasteiger partial charge in [-0.25, -0.2) is 4.79 Å². The third-order valence-electron chi connectivity index (χ3n) is 2.38. The Morgan fingerprint density at radius 3 is 2.74 bits per heavy atom. The molecule has 1 aromatic carbocycles. The molecule has 1 aromatic heterocycles. The molecule has 19 heavy (non-hydrogen) atoms. The zero-order valence-electron chi connectivity index (χ0n) is 9.43. The van der Waals surface area contributed by atoms with Gasteiger partial charge in [0.15, 0.2) is 0 Å². The first-order valence-corrected chi connectivity index (χ1v) is 8.49. The molecule has 0 amide bonds. The van der Waals surface area contributed by atoms with Gasteiger partial charge in [0.25, 0.3) is 0 Å². The Morgan fingerprint density at radius 1 is 1.42 bits per heavy atom. The first-order valence-electron chi connectivity index (χ1n) is 5.12. The minimum atomic E-state index is -1.30. The number of halogens is 2. The molecule has 0 saturated heterocycles. The summed E-state index contributed by atoms with van der Waals surface area (Å²) in [7, 11) is -1.30. The molecular formula is C12H8BrClO3S2. The summed E-state index contributed by atoms with van der Waals surface area (Å²) in [5.41, 5.74) is -0.0299. The fourth-order valence-corrected chi connectivity index (χ4v) is 4.72. The zero-order valence-corrected chi connectivity index (χ0v) is 13.4. The summed E-state index contributed by atoms with van der Waals surface area (Å²) in [6, 6.07) is 6.30. The number of hydrogen-bond acceptors (Lipinski definition) is 3. The van der Waals surface area contributed by atoms with Crippen LogP contribution in [0.15, 0.2) is 39.0 Å². The molecule has 1 unspecified atom stereocenters. The van der Waals surface area contributed by atoms with Crippen molar-refractivity contribution in [2.75, 3.05) is 0 Å². The molecule has 0 radical (unpaired) electrons. The van der Waals surface area contributed by atoms with E-state index in [9.17, 15) is 9.00 Å². The quantitative estimate of drug-likeness (QED) is 0.867. The molecule has 2 aromatic rings. The first kappa shape index (κ1) is 14.7. The number of aromatic carboxylic acids is 1. The minimum Gasteiger partial charge on any atom is -0.478 e. The van der Waals surface area contributed by atoms with Crippen LogP contribution in [-0.2, 0) is 16.6 Å². The van der Waals surface area contributed by atoms with Crippen molar-refractivity contribution in [3.05, 3.63) is 49.6 Å². The van der Waals surface area contributed by atoms with Gasteiger partial charge in [0.2, 0.25) is 0 Å². The van der Waals surface area contributed by atoms with Crippen LogP contribution in [0, 0.1) is 0 Å². The molecule has 7 heteroatoms. The second-order valence-corrected chi connectivity index (χ2v) is 7.34. The SMILES string of the molecule is O=C(O)c1cc(S(=O)Cc2sccc2Br)ccc1Cl. The number of carbonyl (C=O) groups is 1. The molecule has 0 spiro atoms. The monoisotopic (exact) mass is 378 g/mol. The van der Waals surface area contributed by atoms with Crippen molar-refractivity contribution in [3.8, 4) is 0 Å². The third-order valence-corrected chi connectivity index (χ3v) is 6.15. The molecule has 0 fully saturated rings. The van der Waals surface area contributed by atoms with Crippen LogP contribution in [-0.4, -0.2) is 15.3 Å². The van der Waals surface area contributed by atoms with Gasteiger partial charge in [-0.2, -0.15) is 0 Å². The Hall–Kier alpha value is -0.690. The zero-order chi connectivity index (χ0) is 14.0. The van der Waals surface area contributed by atoms with Crippen LogP contribution < -0.4 is 0 Å². The number of hydrogen-bond donors (Lipinski definition) is 1. The fraction of sp³-hybridized carbons (Fsp3) is 0.0833. The summed E-state index contributed by atoms with van der Waals surface area (Å²) >= 11 is 10.7. The highest BCUT2D eigenvalue weighted by Gasteiger charge is 2.14. The van der Waals surface area contributed by atoms with Crippen molar-refractivity contribution in [1.29, 1.82) is 0 Å². The average molecular weight is 380 g/mol. The Balaban J connectivity index is 2.27. The van der Waals surface area contributed by atoms with E-state index in [4.69, 9.17) is 16.7 Å². The number of carboxylic acid groups (broad SMARTS) is 1. The summed E-state index contributed by atoms with van der Waals surface area (Å²) in [5.74, 6) is -0.778. The van der Waals surface area contributed by atoms with E-state index in [-0.39, 0.29) is 10.6 Å².